The molecule has 0 amide bonds. The Hall–Kier alpha value is -0.300. The largest absolute Gasteiger partial charge is 0.396 e. The van der Waals surface area contributed by atoms with Gasteiger partial charge >= 0.3 is 0 Å². The molecule has 0 aromatic carbocycles. The molecule has 0 radical (unpaired) electrons. The summed E-state index contributed by atoms with van der Waals surface area (Å²) < 4.78 is 0. The smallest absolute Gasteiger partial charge is 0.0433 e. The standard InChI is InChI=1S/C9H16O/c1-2-3-4-8-7-9(8)5-6-10/h2,8-10H,1,3-7H2/t8-,9-/m0/s1. The molecule has 10 heavy (non-hydrogen) atoms. The van der Waals surface area contributed by atoms with E-state index in [2.05, 4.69) is 6.58 Å². The summed E-state index contributed by atoms with van der Waals surface area (Å²) in [6, 6.07) is 0. The molecule has 1 aliphatic rings. The summed E-state index contributed by atoms with van der Waals surface area (Å²) in [5.41, 5.74) is 0. The van der Waals surface area contributed by atoms with E-state index in [4.69, 9.17) is 5.11 Å². The summed E-state index contributed by atoms with van der Waals surface area (Å²) in [5.74, 6) is 1.75. The van der Waals surface area contributed by atoms with Gasteiger partial charge in [-0.2, -0.15) is 0 Å². The number of allylic oxidation sites excluding steroid dienone is 1. The summed E-state index contributed by atoms with van der Waals surface area (Å²) >= 11 is 0. The predicted molar refractivity (Wildman–Crippen MR) is 42.7 cm³/mol. The van der Waals surface area contributed by atoms with Crippen molar-refractivity contribution in [2.45, 2.75) is 25.7 Å². The predicted octanol–water partition coefficient (Wildman–Crippen LogP) is 1.97. The molecule has 1 rings (SSSR count). The molecule has 1 fully saturated rings. The van der Waals surface area contributed by atoms with Crippen molar-refractivity contribution in [3.8, 4) is 0 Å². The second kappa shape index (κ2) is 3.77. The first-order chi connectivity index (χ1) is 4.88. The van der Waals surface area contributed by atoms with Crippen LogP contribution in [0.15, 0.2) is 12.7 Å². The van der Waals surface area contributed by atoms with Gasteiger partial charge in [-0.15, -0.1) is 6.58 Å². The summed E-state index contributed by atoms with van der Waals surface area (Å²) in [6.45, 7) is 4.05. The maximum absolute atomic E-state index is 8.60. The number of aliphatic hydroxyl groups excluding tert-OH is 1. The van der Waals surface area contributed by atoms with E-state index in [1.807, 2.05) is 6.08 Å². The van der Waals surface area contributed by atoms with Crippen molar-refractivity contribution < 1.29 is 5.11 Å². The van der Waals surface area contributed by atoms with E-state index in [1.54, 1.807) is 0 Å². The van der Waals surface area contributed by atoms with E-state index in [-0.39, 0.29) is 0 Å². The summed E-state index contributed by atoms with van der Waals surface area (Å²) in [4.78, 5) is 0. The minimum atomic E-state index is 0.370. The molecule has 0 bridgehead atoms. The average molecular weight is 140 g/mol. The highest BCUT2D eigenvalue weighted by molar-refractivity contribution is 4.87. The fourth-order valence-corrected chi connectivity index (χ4v) is 1.52. The number of rotatable bonds is 5. The Kier molecular flexibility index (Phi) is 2.94. The second-order valence-corrected chi connectivity index (χ2v) is 3.13. The van der Waals surface area contributed by atoms with Crippen LogP contribution in [0.2, 0.25) is 0 Å². The molecule has 0 aromatic rings. The van der Waals surface area contributed by atoms with Gasteiger partial charge in [0.2, 0.25) is 0 Å². The number of hydrogen-bond donors (Lipinski definition) is 1. The van der Waals surface area contributed by atoms with Crippen molar-refractivity contribution in [3.05, 3.63) is 12.7 Å². The van der Waals surface area contributed by atoms with Crippen LogP contribution in [-0.4, -0.2) is 11.7 Å². The Morgan fingerprint density at radius 3 is 2.70 bits per heavy atom. The van der Waals surface area contributed by atoms with Crippen LogP contribution in [0.5, 0.6) is 0 Å². The van der Waals surface area contributed by atoms with Gasteiger partial charge in [0.25, 0.3) is 0 Å². The van der Waals surface area contributed by atoms with Gasteiger partial charge in [-0.1, -0.05) is 6.08 Å². The Bertz CT molecular complexity index is 109. The molecule has 0 saturated heterocycles. The lowest BCUT2D eigenvalue weighted by atomic mass is 10.1. The van der Waals surface area contributed by atoms with Gasteiger partial charge in [0.1, 0.15) is 0 Å². The van der Waals surface area contributed by atoms with Crippen LogP contribution < -0.4 is 0 Å². The van der Waals surface area contributed by atoms with Crippen molar-refractivity contribution in [2.75, 3.05) is 6.61 Å². The lowest BCUT2D eigenvalue weighted by Gasteiger charge is -1.93. The monoisotopic (exact) mass is 140 g/mol. The minimum Gasteiger partial charge on any atom is -0.396 e. The van der Waals surface area contributed by atoms with Gasteiger partial charge in [-0.05, 0) is 37.5 Å². The first-order valence-corrected chi connectivity index (χ1v) is 4.10. The van der Waals surface area contributed by atoms with Crippen LogP contribution in [0.4, 0.5) is 0 Å². The summed E-state index contributed by atoms with van der Waals surface area (Å²) in [5, 5.41) is 8.60. The van der Waals surface area contributed by atoms with Gasteiger partial charge in [0.15, 0.2) is 0 Å². The van der Waals surface area contributed by atoms with Gasteiger partial charge < -0.3 is 5.11 Å². The Morgan fingerprint density at radius 1 is 1.40 bits per heavy atom. The van der Waals surface area contributed by atoms with Crippen LogP contribution in [0.1, 0.15) is 25.7 Å². The van der Waals surface area contributed by atoms with Gasteiger partial charge in [0.05, 0.1) is 0 Å². The molecule has 0 aliphatic heterocycles. The van der Waals surface area contributed by atoms with Crippen molar-refractivity contribution in [1.82, 2.24) is 0 Å². The Balaban J connectivity index is 1.96. The third kappa shape index (κ3) is 2.14. The molecular formula is C9H16O. The van der Waals surface area contributed by atoms with E-state index in [0.29, 0.717) is 6.61 Å². The van der Waals surface area contributed by atoms with Crippen molar-refractivity contribution in [2.24, 2.45) is 11.8 Å². The Labute approximate surface area is 62.8 Å². The maximum Gasteiger partial charge on any atom is 0.0433 e. The molecule has 1 nitrogen and oxygen atoms in total. The second-order valence-electron chi connectivity index (χ2n) is 3.13. The van der Waals surface area contributed by atoms with E-state index < -0.39 is 0 Å². The van der Waals surface area contributed by atoms with Gasteiger partial charge in [-0.25, -0.2) is 0 Å². The molecule has 0 aromatic heterocycles. The first-order valence-electron chi connectivity index (χ1n) is 4.10. The third-order valence-corrected chi connectivity index (χ3v) is 2.31. The first kappa shape index (κ1) is 7.80. The van der Waals surface area contributed by atoms with Gasteiger partial charge in [0, 0.05) is 6.61 Å². The van der Waals surface area contributed by atoms with Crippen LogP contribution in [0.3, 0.4) is 0 Å². The molecule has 2 atom stereocenters. The molecule has 58 valence electrons. The summed E-state index contributed by atoms with van der Waals surface area (Å²) in [7, 11) is 0. The number of aliphatic hydroxyl groups is 1. The van der Waals surface area contributed by atoms with E-state index in [0.717, 1.165) is 24.7 Å². The van der Waals surface area contributed by atoms with Crippen LogP contribution >= 0.6 is 0 Å². The fraction of sp³-hybridized carbons (Fsp3) is 0.778. The van der Waals surface area contributed by atoms with E-state index in [9.17, 15) is 0 Å². The molecule has 0 spiro atoms. The van der Waals surface area contributed by atoms with Crippen molar-refractivity contribution >= 4 is 0 Å². The zero-order valence-corrected chi connectivity index (χ0v) is 6.42. The topological polar surface area (TPSA) is 20.2 Å². The highest BCUT2D eigenvalue weighted by Gasteiger charge is 2.34. The van der Waals surface area contributed by atoms with Crippen molar-refractivity contribution in [1.29, 1.82) is 0 Å². The number of hydrogen-bond acceptors (Lipinski definition) is 1. The highest BCUT2D eigenvalue weighted by Crippen LogP contribution is 2.44. The normalized spacial score (nSPS) is 30.1. The molecule has 1 aliphatic carbocycles. The quantitative estimate of drug-likeness (QED) is 0.579. The van der Waals surface area contributed by atoms with Crippen LogP contribution in [0, 0.1) is 11.8 Å². The maximum atomic E-state index is 8.60. The SMILES string of the molecule is C=CCC[C@H]1C[C@@H]1CCO. The van der Waals surface area contributed by atoms with E-state index >= 15 is 0 Å². The zero-order valence-electron chi connectivity index (χ0n) is 6.42. The third-order valence-electron chi connectivity index (χ3n) is 2.31. The molecule has 0 unspecified atom stereocenters. The summed E-state index contributed by atoms with van der Waals surface area (Å²) in [6.07, 6.45) is 6.77. The zero-order chi connectivity index (χ0) is 7.40. The molecular weight excluding hydrogens is 124 g/mol. The lowest BCUT2D eigenvalue weighted by molar-refractivity contribution is 0.276. The van der Waals surface area contributed by atoms with Crippen LogP contribution in [-0.2, 0) is 0 Å². The fourth-order valence-electron chi connectivity index (χ4n) is 1.52. The van der Waals surface area contributed by atoms with Crippen LogP contribution in [0.25, 0.3) is 0 Å². The van der Waals surface area contributed by atoms with Crippen molar-refractivity contribution in [3.63, 3.8) is 0 Å². The highest BCUT2D eigenvalue weighted by atomic mass is 16.3. The molecule has 1 saturated carbocycles. The van der Waals surface area contributed by atoms with Gasteiger partial charge in [-0.3, -0.25) is 0 Å². The van der Waals surface area contributed by atoms with E-state index in [1.165, 1.54) is 12.8 Å². The molecule has 1 N–H and O–H groups in total. The molecule has 0 heterocycles. The molecule has 1 heteroatoms. The minimum absolute atomic E-state index is 0.370. The Morgan fingerprint density at radius 2 is 2.10 bits per heavy atom. The lowest BCUT2D eigenvalue weighted by Crippen LogP contribution is -1.87. The average Bonchev–Trinajstić information content (AvgIpc) is 2.65.